The Hall–Kier alpha value is -2.34. The third kappa shape index (κ3) is 3.90. The predicted molar refractivity (Wildman–Crippen MR) is 84.7 cm³/mol. The van der Waals surface area contributed by atoms with Crippen molar-refractivity contribution < 1.29 is 18.7 Å². The second kappa shape index (κ2) is 6.83. The fourth-order valence-corrected chi connectivity index (χ4v) is 2.66. The van der Waals surface area contributed by atoms with E-state index in [0.717, 1.165) is 23.8 Å². The molecule has 6 heteroatoms. The lowest BCUT2D eigenvalue weighted by molar-refractivity contribution is -0.124. The largest absolute Gasteiger partial charge is 0.484 e. The maximum absolute atomic E-state index is 11.9. The Morgan fingerprint density at radius 2 is 2.09 bits per heavy atom. The highest BCUT2D eigenvalue weighted by molar-refractivity contribution is 5.81. The van der Waals surface area contributed by atoms with E-state index in [0.29, 0.717) is 24.5 Å². The molecule has 2 aromatic rings. The number of carbonyl (C=O) groups is 1. The lowest BCUT2D eigenvalue weighted by atomic mass is 10.1. The highest BCUT2D eigenvalue weighted by Gasteiger charge is 2.16. The van der Waals surface area contributed by atoms with Crippen molar-refractivity contribution >= 4 is 16.9 Å². The first-order valence-corrected chi connectivity index (χ1v) is 7.66. The van der Waals surface area contributed by atoms with Crippen molar-refractivity contribution in [2.24, 2.45) is 0 Å². The Morgan fingerprint density at radius 3 is 2.87 bits per heavy atom. The lowest BCUT2D eigenvalue weighted by Crippen LogP contribution is -2.41. The van der Waals surface area contributed by atoms with Crippen LogP contribution in [-0.4, -0.2) is 31.8 Å². The molecule has 1 aliphatic heterocycles. The van der Waals surface area contributed by atoms with Crippen LogP contribution in [0.4, 0.5) is 0 Å². The zero-order valence-electron chi connectivity index (χ0n) is 13.0. The van der Waals surface area contributed by atoms with Crippen LogP contribution >= 0.6 is 0 Å². The van der Waals surface area contributed by atoms with Gasteiger partial charge in [-0.2, -0.15) is 0 Å². The number of carbonyl (C=O) groups excluding carboxylic acids is 1. The van der Waals surface area contributed by atoms with Crippen molar-refractivity contribution in [2.45, 2.75) is 25.8 Å². The molecule has 6 nitrogen and oxygen atoms in total. The maximum Gasteiger partial charge on any atom is 0.336 e. The summed E-state index contributed by atoms with van der Waals surface area (Å²) in [5.74, 6) is 0.330. The third-order valence-corrected chi connectivity index (χ3v) is 3.88. The molecule has 3 rings (SSSR count). The van der Waals surface area contributed by atoms with Crippen LogP contribution in [-0.2, 0) is 9.53 Å². The Bertz CT molecular complexity index is 761. The van der Waals surface area contributed by atoms with E-state index in [1.165, 1.54) is 6.07 Å². The van der Waals surface area contributed by atoms with E-state index < -0.39 is 5.63 Å². The summed E-state index contributed by atoms with van der Waals surface area (Å²) < 4.78 is 15.9. The van der Waals surface area contributed by atoms with E-state index in [1.54, 1.807) is 12.1 Å². The van der Waals surface area contributed by atoms with Crippen molar-refractivity contribution in [3.8, 4) is 5.75 Å². The van der Waals surface area contributed by atoms with Crippen LogP contribution in [0.1, 0.15) is 18.4 Å². The van der Waals surface area contributed by atoms with Gasteiger partial charge < -0.3 is 19.2 Å². The van der Waals surface area contributed by atoms with Gasteiger partial charge in [0.2, 0.25) is 0 Å². The Balaban J connectivity index is 1.62. The molecule has 1 aromatic heterocycles. The van der Waals surface area contributed by atoms with Gasteiger partial charge in [0.05, 0.1) is 0 Å². The molecule has 122 valence electrons. The van der Waals surface area contributed by atoms with E-state index in [2.05, 4.69) is 5.32 Å². The average molecular weight is 317 g/mol. The molecule has 2 heterocycles. The van der Waals surface area contributed by atoms with Gasteiger partial charge in [0, 0.05) is 36.8 Å². The fourth-order valence-electron chi connectivity index (χ4n) is 2.66. The summed E-state index contributed by atoms with van der Waals surface area (Å²) in [6.07, 6.45) is 1.65. The molecule has 1 aromatic carbocycles. The number of ether oxygens (including phenoxy) is 2. The summed E-state index contributed by atoms with van der Waals surface area (Å²) in [4.78, 5) is 23.3. The van der Waals surface area contributed by atoms with Crippen molar-refractivity contribution in [1.29, 1.82) is 0 Å². The summed E-state index contributed by atoms with van der Waals surface area (Å²) in [6, 6.07) is 6.81. The van der Waals surface area contributed by atoms with Crippen LogP contribution in [0, 0.1) is 6.92 Å². The van der Waals surface area contributed by atoms with Crippen molar-refractivity contribution in [1.82, 2.24) is 5.32 Å². The molecule has 0 spiro atoms. The van der Waals surface area contributed by atoms with Gasteiger partial charge in [-0.05, 0) is 37.5 Å². The van der Waals surface area contributed by atoms with Crippen LogP contribution in [0.15, 0.2) is 33.5 Å². The van der Waals surface area contributed by atoms with Crippen LogP contribution in [0.25, 0.3) is 11.0 Å². The number of aryl methyl sites for hydroxylation is 1. The molecule has 1 amide bonds. The quantitative estimate of drug-likeness (QED) is 0.870. The van der Waals surface area contributed by atoms with Gasteiger partial charge in [-0.1, -0.05) is 0 Å². The highest BCUT2D eigenvalue weighted by Crippen LogP contribution is 2.22. The van der Waals surface area contributed by atoms with Gasteiger partial charge in [-0.25, -0.2) is 4.79 Å². The Morgan fingerprint density at radius 1 is 1.30 bits per heavy atom. The fraction of sp³-hybridized carbons (Fsp3) is 0.412. The Labute approximate surface area is 133 Å². The second-order valence-electron chi connectivity index (χ2n) is 5.65. The Kier molecular flexibility index (Phi) is 4.62. The summed E-state index contributed by atoms with van der Waals surface area (Å²) in [5.41, 5.74) is 0.904. The highest BCUT2D eigenvalue weighted by atomic mass is 16.5. The summed E-state index contributed by atoms with van der Waals surface area (Å²) in [5, 5.41) is 3.78. The summed E-state index contributed by atoms with van der Waals surface area (Å²) >= 11 is 0. The van der Waals surface area contributed by atoms with Gasteiger partial charge in [-0.15, -0.1) is 0 Å². The van der Waals surface area contributed by atoms with Crippen LogP contribution in [0.5, 0.6) is 5.75 Å². The van der Waals surface area contributed by atoms with Crippen molar-refractivity contribution in [3.63, 3.8) is 0 Å². The number of benzene rings is 1. The third-order valence-electron chi connectivity index (χ3n) is 3.88. The van der Waals surface area contributed by atoms with Gasteiger partial charge in [-0.3, -0.25) is 4.79 Å². The molecule has 0 bridgehead atoms. The molecule has 1 aliphatic rings. The summed E-state index contributed by atoms with van der Waals surface area (Å²) in [6.45, 7) is 3.13. The minimum atomic E-state index is -0.399. The van der Waals surface area contributed by atoms with Gasteiger partial charge in [0.25, 0.3) is 5.91 Å². The SMILES string of the molecule is Cc1cc(=O)oc2cc(OCC(=O)NC3CCOCC3)ccc12. The van der Waals surface area contributed by atoms with E-state index in [4.69, 9.17) is 13.9 Å². The molecule has 0 unspecified atom stereocenters. The van der Waals surface area contributed by atoms with E-state index >= 15 is 0 Å². The van der Waals surface area contributed by atoms with Crippen molar-refractivity contribution in [2.75, 3.05) is 19.8 Å². The zero-order valence-corrected chi connectivity index (χ0v) is 13.0. The number of rotatable bonds is 4. The normalized spacial score (nSPS) is 15.5. The number of nitrogens with one attached hydrogen (secondary N) is 1. The lowest BCUT2D eigenvalue weighted by Gasteiger charge is -2.23. The number of fused-ring (bicyclic) bond motifs is 1. The first-order chi connectivity index (χ1) is 11.1. The standard InChI is InChI=1S/C17H19NO5/c1-11-8-17(20)23-15-9-13(2-3-14(11)15)22-10-16(19)18-12-4-6-21-7-5-12/h2-3,8-9,12H,4-7,10H2,1H3,(H,18,19). The van der Waals surface area contributed by atoms with Gasteiger partial charge in [0.15, 0.2) is 6.61 Å². The molecule has 23 heavy (non-hydrogen) atoms. The molecule has 0 radical (unpaired) electrons. The smallest absolute Gasteiger partial charge is 0.336 e. The molecule has 1 saturated heterocycles. The molecule has 0 atom stereocenters. The summed E-state index contributed by atoms with van der Waals surface area (Å²) in [7, 11) is 0. The molecular weight excluding hydrogens is 298 g/mol. The minimum Gasteiger partial charge on any atom is -0.484 e. The van der Waals surface area contributed by atoms with Gasteiger partial charge >= 0.3 is 5.63 Å². The monoisotopic (exact) mass is 317 g/mol. The molecule has 0 aliphatic carbocycles. The average Bonchev–Trinajstić information content (AvgIpc) is 2.53. The molecule has 1 N–H and O–H groups in total. The predicted octanol–water partition coefficient (Wildman–Crippen LogP) is 1.78. The van der Waals surface area contributed by atoms with E-state index in [-0.39, 0.29) is 18.6 Å². The minimum absolute atomic E-state index is 0.0705. The van der Waals surface area contributed by atoms with Crippen LogP contribution in [0.3, 0.4) is 0 Å². The first-order valence-electron chi connectivity index (χ1n) is 7.66. The second-order valence-corrected chi connectivity index (χ2v) is 5.65. The maximum atomic E-state index is 11.9. The molecule has 0 saturated carbocycles. The molecular formula is C17H19NO5. The van der Waals surface area contributed by atoms with Crippen LogP contribution < -0.4 is 15.7 Å². The zero-order chi connectivity index (χ0) is 16.2. The number of hydrogen-bond acceptors (Lipinski definition) is 5. The van der Waals surface area contributed by atoms with Crippen molar-refractivity contribution in [3.05, 3.63) is 40.2 Å². The van der Waals surface area contributed by atoms with Crippen LogP contribution in [0.2, 0.25) is 0 Å². The first kappa shape index (κ1) is 15.6. The topological polar surface area (TPSA) is 77.8 Å². The van der Waals surface area contributed by atoms with E-state index in [9.17, 15) is 9.59 Å². The number of amides is 1. The van der Waals surface area contributed by atoms with E-state index in [1.807, 2.05) is 13.0 Å². The van der Waals surface area contributed by atoms with Gasteiger partial charge in [0.1, 0.15) is 11.3 Å². The number of hydrogen-bond donors (Lipinski definition) is 1. The molecule has 1 fully saturated rings.